The summed E-state index contributed by atoms with van der Waals surface area (Å²) < 4.78 is 5.14. The summed E-state index contributed by atoms with van der Waals surface area (Å²) in [7, 11) is 1.62. The maximum Gasteiger partial charge on any atom is 0.325 e. The molecule has 0 unspecified atom stereocenters. The first-order valence-electron chi connectivity index (χ1n) is 8.33. The van der Waals surface area contributed by atoms with E-state index in [4.69, 9.17) is 4.74 Å². The molecular weight excluding hydrogens is 324 g/mol. The summed E-state index contributed by atoms with van der Waals surface area (Å²) in [4.78, 5) is 38.3. The summed E-state index contributed by atoms with van der Waals surface area (Å²) in [6, 6.07) is 7.27. The van der Waals surface area contributed by atoms with Crippen molar-refractivity contribution in [1.82, 2.24) is 15.1 Å². The second-order valence-corrected chi connectivity index (χ2v) is 6.19. The van der Waals surface area contributed by atoms with Crippen LogP contribution in [0.1, 0.15) is 12.8 Å². The Morgan fingerprint density at radius 1 is 1.32 bits per heavy atom. The fourth-order valence-corrected chi connectivity index (χ4v) is 3.10. The highest BCUT2D eigenvalue weighted by molar-refractivity contribution is 6.04. The first kappa shape index (κ1) is 17.1. The number of rotatable bonds is 5. The van der Waals surface area contributed by atoms with Crippen molar-refractivity contribution in [1.29, 1.82) is 0 Å². The predicted octanol–water partition coefficient (Wildman–Crippen LogP) is 0.650. The van der Waals surface area contributed by atoms with Gasteiger partial charge in [0.15, 0.2) is 0 Å². The van der Waals surface area contributed by atoms with E-state index < -0.39 is 6.03 Å². The molecule has 0 aliphatic carbocycles. The van der Waals surface area contributed by atoms with Crippen LogP contribution in [0.2, 0.25) is 0 Å². The third-order valence-electron chi connectivity index (χ3n) is 4.47. The number of nitrogens with one attached hydrogen (secondary N) is 2. The van der Waals surface area contributed by atoms with Crippen LogP contribution in [0.25, 0.3) is 0 Å². The van der Waals surface area contributed by atoms with E-state index in [9.17, 15) is 14.4 Å². The number of nitrogens with zero attached hydrogens (tertiary/aromatic N) is 2. The van der Waals surface area contributed by atoms with Crippen LogP contribution in [-0.4, -0.2) is 67.0 Å². The van der Waals surface area contributed by atoms with Gasteiger partial charge in [0.05, 0.1) is 13.7 Å². The zero-order valence-electron chi connectivity index (χ0n) is 14.2. The lowest BCUT2D eigenvalue weighted by Crippen LogP contribution is -2.49. The molecular formula is C17H22N4O4. The maximum atomic E-state index is 12.4. The molecule has 0 saturated carbocycles. The Hall–Kier alpha value is -2.77. The molecule has 25 heavy (non-hydrogen) atoms. The standard InChI is InChI=1S/C17H22N4O4/c1-25-14-6-4-12(5-7-14)19-13-3-2-8-20(10-13)16(23)11-21-15(22)9-18-17(21)24/h4-7,13,19H,2-3,8-11H2,1H3,(H,18,24)/t13-/m0/s1. The minimum Gasteiger partial charge on any atom is -0.497 e. The number of methoxy groups -OCH3 is 1. The molecule has 0 spiro atoms. The predicted molar refractivity (Wildman–Crippen MR) is 91.3 cm³/mol. The molecule has 0 bridgehead atoms. The molecule has 1 aromatic rings. The van der Waals surface area contributed by atoms with Crippen LogP contribution in [0.4, 0.5) is 10.5 Å². The number of benzene rings is 1. The van der Waals surface area contributed by atoms with Crippen LogP contribution >= 0.6 is 0 Å². The van der Waals surface area contributed by atoms with Gasteiger partial charge in [-0.3, -0.25) is 14.5 Å². The zero-order chi connectivity index (χ0) is 17.8. The Morgan fingerprint density at radius 2 is 2.08 bits per heavy atom. The Morgan fingerprint density at radius 3 is 2.72 bits per heavy atom. The van der Waals surface area contributed by atoms with Gasteiger partial charge in [-0.2, -0.15) is 0 Å². The normalized spacial score (nSPS) is 20.4. The number of likely N-dealkylation sites (tertiary alicyclic amines) is 1. The number of carbonyl (C=O) groups excluding carboxylic acids is 3. The number of carbonyl (C=O) groups is 3. The number of anilines is 1. The van der Waals surface area contributed by atoms with Gasteiger partial charge in [-0.05, 0) is 37.1 Å². The summed E-state index contributed by atoms with van der Waals surface area (Å²) in [5, 5.41) is 5.84. The Bertz CT molecular complexity index is 645. The number of ether oxygens (including phenoxy) is 1. The van der Waals surface area contributed by atoms with Gasteiger partial charge in [0.2, 0.25) is 5.91 Å². The van der Waals surface area contributed by atoms with Crippen LogP contribution in [-0.2, 0) is 9.59 Å². The summed E-state index contributed by atoms with van der Waals surface area (Å²) in [5.41, 5.74) is 0.967. The average Bonchev–Trinajstić information content (AvgIpc) is 2.94. The summed E-state index contributed by atoms with van der Waals surface area (Å²) in [6.45, 7) is 0.964. The SMILES string of the molecule is COc1ccc(N[C@H]2CCCN(C(=O)CN3C(=O)CNC3=O)C2)cc1. The van der Waals surface area contributed by atoms with Gasteiger partial charge in [0, 0.05) is 24.8 Å². The van der Waals surface area contributed by atoms with Crippen LogP contribution in [0.5, 0.6) is 5.75 Å². The highest BCUT2D eigenvalue weighted by atomic mass is 16.5. The molecule has 4 amide bonds. The van der Waals surface area contributed by atoms with Crippen molar-refractivity contribution in [3.8, 4) is 5.75 Å². The van der Waals surface area contributed by atoms with Crippen molar-refractivity contribution in [2.75, 3.05) is 38.6 Å². The van der Waals surface area contributed by atoms with Crippen molar-refractivity contribution in [2.24, 2.45) is 0 Å². The number of imide groups is 1. The smallest absolute Gasteiger partial charge is 0.325 e. The van der Waals surface area contributed by atoms with E-state index in [1.54, 1.807) is 12.0 Å². The lowest BCUT2D eigenvalue weighted by molar-refractivity contribution is -0.137. The number of urea groups is 1. The first-order valence-corrected chi connectivity index (χ1v) is 8.33. The highest BCUT2D eigenvalue weighted by Gasteiger charge is 2.32. The molecule has 2 N–H and O–H groups in total. The molecule has 1 aromatic carbocycles. The number of amides is 4. The van der Waals surface area contributed by atoms with Gasteiger partial charge >= 0.3 is 6.03 Å². The van der Waals surface area contributed by atoms with Crippen LogP contribution in [0.15, 0.2) is 24.3 Å². The number of hydrogen-bond acceptors (Lipinski definition) is 5. The van der Waals surface area contributed by atoms with Crippen LogP contribution < -0.4 is 15.4 Å². The molecule has 2 heterocycles. The topological polar surface area (TPSA) is 91.0 Å². The van der Waals surface area contributed by atoms with Gasteiger partial charge in [0.25, 0.3) is 5.91 Å². The molecule has 134 valence electrons. The van der Waals surface area contributed by atoms with E-state index in [0.717, 1.165) is 29.2 Å². The van der Waals surface area contributed by atoms with E-state index in [-0.39, 0.29) is 30.9 Å². The quantitative estimate of drug-likeness (QED) is 0.764. The van der Waals surface area contributed by atoms with Gasteiger partial charge < -0.3 is 20.3 Å². The van der Waals surface area contributed by atoms with Crippen molar-refractivity contribution in [3.05, 3.63) is 24.3 Å². The molecule has 1 atom stereocenters. The molecule has 0 aromatic heterocycles. The van der Waals surface area contributed by atoms with E-state index in [0.29, 0.717) is 13.1 Å². The molecule has 8 heteroatoms. The second kappa shape index (κ2) is 7.42. The van der Waals surface area contributed by atoms with E-state index in [1.807, 2.05) is 24.3 Å². The second-order valence-electron chi connectivity index (χ2n) is 6.19. The molecule has 3 rings (SSSR count). The Labute approximate surface area is 146 Å². The number of piperidine rings is 1. The Kier molecular flexibility index (Phi) is 5.06. The van der Waals surface area contributed by atoms with Crippen molar-refractivity contribution < 1.29 is 19.1 Å². The third kappa shape index (κ3) is 4.01. The van der Waals surface area contributed by atoms with Crippen LogP contribution in [0, 0.1) is 0 Å². The summed E-state index contributed by atoms with van der Waals surface area (Å²) >= 11 is 0. The molecule has 2 aliphatic rings. The van der Waals surface area contributed by atoms with E-state index in [1.165, 1.54) is 0 Å². The fraction of sp³-hybridized carbons (Fsp3) is 0.471. The van der Waals surface area contributed by atoms with E-state index >= 15 is 0 Å². The maximum absolute atomic E-state index is 12.4. The van der Waals surface area contributed by atoms with Crippen molar-refractivity contribution >= 4 is 23.5 Å². The molecule has 2 saturated heterocycles. The van der Waals surface area contributed by atoms with E-state index in [2.05, 4.69) is 10.6 Å². The molecule has 0 radical (unpaired) electrons. The van der Waals surface area contributed by atoms with Crippen molar-refractivity contribution in [2.45, 2.75) is 18.9 Å². The zero-order valence-corrected chi connectivity index (χ0v) is 14.2. The fourth-order valence-electron chi connectivity index (χ4n) is 3.10. The summed E-state index contributed by atoms with van der Waals surface area (Å²) in [5.74, 6) is 0.231. The lowest BCUT2D eigenvalue weighted by atomic mass is 10.1. The molecule has 8 nitrogen and oxygen atoms in total. The third-order valence-corrected chi connectivity index (χ3v) is 4.47. The van der Waals surface area contributed by atoms with Gasteiger partial charge in [0.1, 0.15) is 12.3 Å². The van der Waals surface area contributed by atoms with Gasteiger partial charge in [-0.1, -0.05) is 0 Å². The monoisotopic (exact) mass is 346 g/mol. The first-order chi connectivity index (χ1) is 12.1. The molecule has 2 fully saturated rings. The van der Waals surface area contributed by atoms with Gasteiger partial charge in [-0.25, -0.2) is 4.79 Å². The average molecular weight is 346 g/mol. The number of hydrogen-bond donors (Lipinski definition) is 2. The lowest BCUT2D eigenvalue weighted by Gasteiger charge is -2.34. The van der Waals surface area contributed by atoms with Crippen molar-refractivity contribution in [3.63, 3.8) is 0 Å². The Balaban J connectivity index is 1.55. The van der Waals surface area contributed by atoms with Crippen LogP contribution in [0.3, 0.4) is 0 Å². The van der Waals surface area contributed by atoms with Gasteiger partial charge in [-0.15, -0.1) is 0 Å². The molecule has 2 aliphatic heterocycles. The minimum atomic E-state index is -0.497. The minimum absolute atomic E-state index is 0.0340. The highest BCUT2D eigenvalue weighted by Crippen LogP contribution is 2.19. The summed E-state index contributed by atoms with van der Waals surface area (Å²) in [6.07, 6.45) is 1.83. The largest absolute Gasteiger partial charge is 0.497 e.